The number of phenols is 2. The molecule has 0 aliphatic carbocycles. The summed E-state index contributed by atoms with van der Waals surface area (Å²) in [5.41, 5.74) is 1.82. The van der Waals surface area contributed by atoms with Crippen LogP contribution in [0.5, 0.6) is 11.5 Å². The van der Waals surface area contributed by atoms with Gasteiger partial charge in [-0.3, -0.25) is 9.88 Å². The normalized spacial score (nSPS) is 15.6. The van der Waals surface area contributed by atoms with Crippen LogP contribution >= 0.6 is 0 Å². The van der Waals surface area contributed by atoms with Crippen LogP contribution in [0.4, 0.5) is 5.69 Å². The SMILES string of the molecule is Oc1ccccc1N1CCN(Cc2c(O)ccc3ccncc23)CC1. The lowest BCUT2D eigenvalue weighted by molar-refractivity contribution is 0.247. The second-order valence-electron chi connectivity index (χ2n) is 6.41. The zero-order chi connectivity index (χ0) is 17.2. The molecule has 0 saturated carbocycles. The molecule has 0 unspecified atom stereocenters. The van der Waals surface area contributed by atoms with E-state index in [-0.39, 0.29) is 0 Å². The van der Waals surface area contributed by atoms with Crippen LogP contribution in [0.15, 0.2) is 54.9 Å². The van der Waals surface area contributed by atoms with Crippen LogP contribution < -0.4 is 4.90 Å². The van der Waals surface area contributed by atoms with Crippen LogP contribution in [-0.2, 0) is 6.54 Å². The lowest BCUT2D eigenvalue weighted by Gasteiger charge is -2.36. The van der Waals surface area contributed by atoms with Crippen molar-refractivity contribution < 1.29 is 10.2 Å². The standard InChI is InChI=1S/C20H21N3O2/c24-19-6-5-15-7-8-21-13-16(15)17(19)14-22-9-11-23(12-10-22)18-3-1-2-4-20(18)25/h1-8,13,24-25H,9-12,14H2. The zero-order valence-electron chi connectivity index (χ0n) is 14.0. The summed E-state index contributed by atoms with van der Waals surface area (Å²) >= 11 is 0. The Balaban J connectivity index is 1.49. The van der Waals surface area contributed by atoms with Crippen molar-refractivity contribution in [3.05, 3.63) is 60.4 Å². The molecule has 2 N–H and O–H groups in total. The minimum Gasteiger partial charge on any atom is -0.508 e. The first-order valence-electron chi connectivity index (χ1n) is 8.52. The summed E-state index contributed by atoms with van der Waals surface area (Å²) in [6, 6.07) is 13.1. The Kier molecular flexibility index (Phi) is 4.15. The lowest BCUT2D eigenvalue weighted by atomic mass is 10.0. The smallest absolute Gasteiger partial charge is 0.138 e. The second-order valence-corrected chi connectivity index (χ2v) is 6.41. The van der Waals surface area contributed by atoms with Crippen LogP contribution in [0, 0.1) is 0 Å². The number of fused-ring (bicyclic) bond motifs is 1. The van der Waals surface area contributed by atoms with Gasteiger partial charge in [-0.15, -0.1) is 0 Å². The number of para-hydroxylation sites is 2. The number of piperazine rings is 1. The molecule has 1 aliphatic rings. The molecule has 1 saturated heterocycles. The first-order chi connectivity index (χ1) is 12.2. The minimum absolute atomic E-state index is 0.323. The highest BCUT2D eigenvalue weighted by Gasteiger charge is 2.20. The van der Waals surface area contributed by atoms with E-state index < -0.39 is 0 Å². The van der Waals surface area contributed by atoms with Gasteiger partial charge < -0.3 is 15.1 Å². The van der Waals surface area contributed by atoms with Gasteiger partial charge in [0.2, 0.25) is 0 Å². The highest BCUT2D eigenvalue weighted by atomic mass is 16.3. The van der Waals surface area contributed by atoms with E-state index in [1.54, 1.807) is 18.3 Å². The first kappa shape index (κ1) is 15.7. The van der Waals surface area contributed by atoms with Crippen LogP contribution in [0.2, 0.25) is 0 Å². The summed E-state index contributed by atoms with van der Waals surface area (Å²) in [7, 11) is 0. The average Bonchev–Trinajstić information content (AvgIpc) is 2.65. The van der Waals surface area contributed by atoms with Crippen molar-refractivity contribution >= 4 is 16.5 Å². The maximum Gasteiger partial charge on any atom is 0.138 e. The Labute approximate surface area is 146 Å². The van der Waals surface area contributed by atoms with E-state index in [1.807, 2.05) is 36.5 Å². The predicted octanol–water partition coefficient (Wildman–Crippen LogP) is 2.97. The topological polar surface area (TPSA) is 59.8 Å². The molecule has 4 rings (SSSR count). The van der Waals surface area contributed by atoms with Crippen molar-refractivity contribution in [2.45, 2.75) is 6.54 Å². The zero-order valence-corrected chi connectivity index (χ0v) is 14.0. The number of aromatic nitrogens is 1. The van der Waals surface area contributed by atoms with Crippen LogP contribution in [-0.4, -0.2) is 46.3 Å². The van der Waals surface area contributed by atoms with Crippen molar-refractivity contribution in [1.29, 1.82) is 0 Å². The maximum atomic E-state index is 10.3. The molecule has 0 atom stereocenters. The number of nitrogens with zero attached hydrogens (tertiary/aromatic N) is 3. The van der Waals surface area contributed by atoms with Crippen molar-refractivity contribution in [3.8, 4) is 11.5 Å². The van der Waals surface area contributed by atoms with Crippen LogP contribution in [0.25, 0.3) is 10.8 Å². The quantitative estimate of drug-likeness (QED) is 0.771. The highest BCUT2D eigenvalue weighted by molar-refractivity contribution is 5.86. The van der Waals surface area contributed by atoms with Gasteiger partial charge >= 0.3 is 0 Å². The second kappa shape index (κ2) is 6.61. The van der Waals surface area contributed by atoms with E-state index in [1.165, 1.54) is 0 Å². The summed E-state index contributed by atoms with van der Waals surface area (Å²) < 4.78 is 0. The average molecular weight is 335 g/mol. The maximum absolute atomic E-state index is 10.3. The van der Waals surface area contributed by atoms with Gasteiger partial charge in [-0.1, -0.05) is 18.2 Å². The largest absolute Gasteiger partial charge is 0.508 e. The molecule has 0 amide bonds. The Bertz CT molecular complexity index is 889. The molecule has 1 aliphatic heterocycles. The Morgan fingerprint density at radius 1 is 0.880 bits per heavy atom. The predicted molar refractivity (Wildman–Crippen MR) is 99.0 cm³/mol. The van der Waals surface area contributed by atoms with Gasteiger partial charge in [-0.25, -0.2) is 0 Å². The van der Waals surface area contributed by atoms with Crippen LogP contribution in [0.3, 0.4) is 0 Å². The Morgan fingerprint density at radius 3 is 2.48 bits per heavy atom. The molecule has 1 fully saturated rings. The molecule has 0 bridgehead atoms. The fourth-order valence-electron chi connectivity index (χ4n) is 3.48. The molecule has 128 valence electrons. The van der Waals surface area contributed by atoms with E-state index >= 15 is 0 Å². The van der Waals surface area contributed by atoms with Crippen LogP contribution in [0.1, 0.15) is 5.56 Å². The molecule has 2 heterocycles. The molecule has 1 aromatic heterocycles. The highest BCUT2D eigenvalue weighted by Crippen LogP contribution is 2.30. The van der Waals surface area contributed by atoms with E-state index in [2.05, 4.69) is 14.8 Å². The summed E-state index contributed by atoms with van der Waals surface area (Å²) in [6.45, 7) is 4.15. The van der Waals surface area contributed by atoms with Gasteiger partial charge in [0.15, 0.2) is 0 Å². The van der Waals surface area contributed by atoms with Crippen molar-refractivity contribution in [1.82, 2.24) is 9.88 Å². The molecule has 0 radical (unpaired) electrons. The summed E-state index contributed by atoms with van der Waals surface area (Å²) in [4.78, 5) is 8.74. The van der Waals surface area contributed by atoms with Gasteiger partial charge in [0.1, 0.15) is 11.5 Å². The van der Waals surface area contributed by atoms with Gasteiger partial charge in [0.25, 0.3) is 0 Å². The minimum atomic E-state index is 0.323. The van der Waals surface area contributed by atoms with Crippen molar-refractivity contribution in [3.63, 3.8) is 0 Å². The van der Waals surface area contributed by atoms with Gasteiger partial charge in [-0.2, -0.15) is 0 Å². The molecule has 2 aromatic carbocycles. The third-order valence-corrected chi connectivity index (χ3v) is 4.89. The molecule has 3 aromatic rings. The third-order valence-electron chi connectivity index (χ3n) is 4.89. The Morgan fingerprint density at radius 2 is 1.68 bits per heavy atom. The number of anilines is 1. The fourth-order valence-corrected chi connectivity index (χ4v) is 3.48. The van der Waals surface area contributed by atoms with Gasteiger partial charge in [-0.05, 0) is 29.7 Å². The summed E-state index contributed by atoms with van der Waals surface area (Å²) in [6.07, 6.45) is 3.59. The summed E-state index contributed by atoms with van der Waals surface area (Å²) in [5, 5.41) is 22.4. The summed E-state index contributed by atoms with van der Waals surface area (Å²) in [5.74, 6) is 0.650. The van der Waals surface area contributed by atoms with Gasteiger partial charge in [0, 0.05) is 56.1 Å². The number of benzene rings is 2. The molecule has 5 heteroatoms. The Hall–Kier alpha value is -2.79. The van der Waals surface area contributed by atoms with Crippen molar-refractivity contribution in [2.24, 2.45) is 0 Å². The van der Waals surface area contributed by atoms with E-state index in [0.29, 0.717) is 18.0 Å². The number of phenolic OH excluding ortho intramolecular Hbond substituents is 2. The monoisotopic (exact) mass is 335 g/mol. The number of hydrogen-bond donors (Lipinski definition) is 2. The number of hydrogen-bond acceptors (Lipinski definition) is 5. The van der Waals surface area contributed by atoms with Gasteiger partial charge in [0.05, 0.1) is 5.69 Å². The van der Waals surface area contributed by atoms with Crippen molar-refractivity contribution in [2.75, 3.05) is 31.1 Å². The molecule has 0 spiro atoms. The number of rotatable bonds is 3. The number of aromatic hydroxyl groups is 2. The van der Waals surface area contributed by atoms with E-state index in [9.17, 15) is 10.2 Å². The molecule has 25 heavy (non-hydrogen) atoms. The third kappa shape index (κ3) is 3.10. The fraction of sp³-hybridized carbons (Fsp3) is 0.250. The first-order valence-corrected chi connectivity index (χ1v) is 8.52. The lowest BCUT2D eigenvalue weighted by Crippen LogP contribution is -2.46. The molecule has 5 nitrogen and oxygen atoms in total. The van der Waals surface area contributed by atoms with E-state index in [0.717, 1.165) is 48.2 Å². The molecular formula is C20H21N3O2. The molecular weight excluding hydrogens is 314 g/mol. The van der Waals surface area contributed by atoms with E-state index in [4.69, 9.17) is 0 Å². The number of pyridine rings is 1.